The van der Waals surface area contributed by atoms with Crippen molar-refractivity contribution in [3.05, 3.63) is 0 Å². The second kappa shape index (κ2) is 15.0. The van der Waals surface area contributed by atoms with Crippen molar-refractivity contribution in [2.75, 3.05) is 13.2 Å². The molecule has 1 heterocycles. The molecule has 0 radical (unpaired) electrons. The smallest absolute Gasteiger partial charge is 0.329 e. The summed E-state index contributed by atoms with van der Waals surface area (Å²) in [5.74, 6) is -1.77. The summed E-state index contributed by atoms with van der Waals surface area (Å²) in [5.41, 5.74) is -0.534. The summed E-state index contributed by atoms with van der Waals surface area (Å²) in [5, 5.41) is 2.95. The van der Waals surface area contributed by atoms with Gasteiger partial charge in [0.2, 0.25) is 11.8 Å². The molecule has 1 N–H and O–H groups in total. The number of rotatable bonds is 14. The maximum Gasteiger partial charge on any atom is 0.329 e. The van der Waals surface area contributed by atoms with Gasteiger partial charge in [0.05, 0.1) is 6.61 Å². The molecular weight excluding hydrogens is 512 g/mol. The van der Waals surface area contributed by atoms with Crippen molar-refractivity contribution >= 4 is 29.5 Å². The molecule has 0 aromatic rings. The minimum atomic E-state index is -0.798. The highest BCUT2D eigenvalue weighted by Crippen LogP contribution is 2.43. The number of esters is 2. The van der Waals surface area contributed by atoms with Gasteiger partial charge in [-0.1, -0.05) is 34.1 Å². The number of ketones is 1. The van der Waals surface area contributed by atoms with Gasteiger partial charge in [0.15, 0.2) is 0 Å². The first-order valence-electron chi connectivity index (χ1n) is 15.2. The molecule has 0 spiro atoms. The maximum atomic E-state index is 13.8. The van der Waals surface area contributed by atoms with Crippen LogP contribution in [-0.4, -0.2) is 65.3 Å². The van der Waals surface area contributed by atoms with Crippen molar-refractivity contribution in [2.24, 2.45) is 29.6 Å². The normalized spacial score (nSPS) is 22.1. The van der Waals surface area contributed by atoms with Gasteiger partial charge in [-0.05, 0) is 77.0 Å². The molecule has 0 unspecified atom stereocenters. The van der Waals surface area contributed by atoms with Crippen LogP contribution in [0.1, 0.15) is 107 Å². The van der Waals surface area contributed by atoms with Gasteiger partial charge in [-0.3, -0.25) is 19.2 Å². The van der Waals surface area contributed by atoms with Crippen molar-refractivity contribution in [2.45, 2.75) is 124 Å². The van der Waals surface area contributed by atoms with E-state index in [1.807, 2.05) is 48.5 Å². The van der Waals surface area contributed by atoms with Crippen LogP contribution in [0.3, 0.4) is 0 Å². The fraction of sp³-hybridized carbons (Fsp3) is 0.839. The van der Waals surface area contributed by atoms with Gasteiger partial charge < -0.3 is 19.7 Å². The Balaban J connectivity index is 2.00. The summed E-state index contributed by atoms with van der Waals surface area (Å²) >= 11 is 0. The number of hydrogen-bond acceptors (Lipinski definition) is 7. The number of carbonyl (C=O) groups is 5. The van der Waals surface area contributed by atoms with Crippen molar-refractivity contribution < 1.29 is 33.4 Å². The molecular formula is C31H52N2O7. The predicted molar refractivity (Wildman–Crippen MR) is 152 cm³/mol. The number of unbranched alkanes of at least 4 members (excludes halogenated alkanes) is 1. The zero-order valence-electron chi connectivity index (χ0n) is 25.9. The number of ether oxygens (including phenoxy) is 2. The summed E-state index contributed by atoms with van der Waals surface area (Å²) in [6.45, 7) is 15.5. The molecule has 5 atom stereocenters. The second-order valence-corrected chi connectivity index (χ2v) is 13.2. The number of likely N-dealkylation sites (tertiary alicyclic amines) is 1. The van der Waals surface area contributed by atoms with Gasteiger partial charge in [0.1, 0.15) is 23.5 Å². The molecule has 0 aromatic heterocycles. The Morgan fingerprint density at radius 3 is 2.17 bits per heavy atom. The summed E-state index contributed by atoms with van der Waals surface area (Å²) in [6.07, 6.45) is 4.62. The number of nitrogens with zero attached hydrogens (tertiary/aromatic N) is 1. The van der Waals surface area contributed by atoms with Crippen molar-refractivity contribution in [1.29, 1.82) is 0 Å². The second-order valence-electron chi connectivity index (χ2n) is 13.2. The molecule has 9 heteroatoms. The lowest BCUT2D eigenvalue weighted by molar-refractivity contribution is -0.156. The Morgan fingerprint density at radius 1 is 0.950 bits per heavy atom. The fourth-order valence-corrected chi connectivity index (χ4v) is 5.98. The van der Waals surface area contributed by atoms with E-state index in [1.165, 1.54) is 0 Å². The molecule has 0 bridgehead atoms. The van der Waals surface area contributed by atoms with E-state index in [0.717, 1.165) is 19.3 Å². The standard InChI is InChI=1S/C31H52N2O7/c1-9-39-30(38)27-23-15-12-13-21(23)18-33(27)29(37)26(20(4)5)32-28(36)24(19(2)3)17-22(34)14-10-11-16-25(35)40-31(6,7)8/h19-21,23-24,26-27H,9-18H2,1-8H3,(H,32,36)/t21-,23-,24-,26-,27-/m0/s1. The monoisotopic (exact) mass is 564 g/mol. The van der Waals surface area contributed by atoms with Crippen LogP contribution in [0.4, 0.5) is 0 Å². The molecule has 1 saturated heterocycles. The number of hydrogen-bond donors (Lipinski definition) is 1. The first-order valence-corrected chi connectivity index (χ1v) is 15.2. The Hall–Kier alpha value is -2.45. The fourth-order valence-electron chi connectivity index (χ4n) is 5.98. The van der Waals surface area contributed by atoms with E-state index in [9.17, 15) is 24.0 Å². The Bertz CT molecular complexity index is 908. The Labute approximate surface area is 240 Å². The summed E-state index contributed by atoms with van der Waals surface area (Å²) in [6, 6.07) is -1.41. The van der Waals surface area contributed by atoms with E-state index in [1.54, 1.807) is 11.8 Å². The van der Waals surface area contributed by atoms with Crippen LogP contribution in [-0.2, 0) is 33.4 Å². The van der Waals surface area contributed by atoms with Gasteiger partial charge in [0.25, 0.3) is 0 Å². The molecule has 1 aliphatic carbocycles. The first-order chi connectivity index (χ1) is 18.7. The van der Waals surface area contributed by atoms with Crippen molar-refractivity contribution in [1.82, 2.24) is 10.2 Å². The zero-order chi connectivity index (χ0) is 30.2. The molecule has 1 saturated carbocycles. The molecule has 228 valence electrons. The van der Waals surface area contributed by atoms with Gasteiger partial charge in [-0.25, -0.2) is 4.79 Å². The minimum Gasteiger partial charge on any atom is -0.464 e. The molecule has 40 heavy (non-hydrogen) atoms. The lowest BCUT2D eigenvalue weighted by Gasteiger charge is -2.32. The third-order valence-corrected chi connectivity index (χ3v) is 8.03. The lowest BCUT2D eigenvalue weighted by atomic mass is 9.88. The van der Waals surface area contributed by atoms with E-state index in [2.05, 4.69) is 5.32 Å². The highest BCUT2D eigenvalue weighted by Gasteiger charge is 2.51. The summed E-state index contributed by atoms with van der Waals surface area (Å²) in [7, 11) is 0. The zero-order valence-corrected chi connectivity index (χ0v) is 25.9. The van der Waals surface area contributed by atoms with Crippen LogP contribution in [0.5, 0.6) is 0 Å². The van der Waals surface area contributed by atoms with E-state index < -0.39 is 23.6 Å². The van der Waals surface area contributed by atoms with Gasteiger partial charge >= 0.3 is 11.9 Å². The van der Waals surface area contributed by atoms with E-state index in [0.29, 0.717) is 19.4 Å². The van der Waals surface area contributed by atoms with Crippen LogP contribution in [0.15, 0.2) is 0 Å². The number of amides is 2. The Kier molecular flexibility index (Phi) is 12.6. The highest BCUT2D eigenvalue weighted by molar-refractivity contribution is 5.93. The predicted octanol–water partition coefficient (Wildman–Crippen LogP) is 4.45. The molecule has 2 rings (SSSR count). The average Bonchev–Trinajstić information content (AvgIpc) is 3.43. The third kappa shape index (κ3) is 9.58. The molecule has 9 nitrogen and oxygen atoms in total. The Morgan fingerprint density at radius 2 is 1.60 bits per heavy atom. The quantitative estimate of drug-likeness (QED) is 0.245. The average molecular weight is 565 g/mol. The lowest BCUT2D eigenvalue weighted by Crippen LogP contribution is -2.56. The topological polar surface area (TPSA) is 119 Å². The summed E-state index contributed by atoms with van der Waals surface area (Å²) < 4.78 is 10.6. The molecule has 2 aliphatic rings. The molecule has 1 aliphatic heterocycles. The van der Waals surface area contributed by atoms with Crippen LogP contribution < -0.4 is 5.32 Å². The van der Waals surface area contributed by atoms with Gasteiger partial charge in [0, 0.05) is 31.7 Å². The minimum absolute atomic E-state index is 0.0415. The number of nitrogens with one attached hydrogen (secondary N) is 1. The van der Waals surface area contributed by atoms with Crippen LogP contribution >= 0.6 is 0 Å². The van der Waals surface area contributed by atoms with E-state index in [4.69, 9.17) is 9.47 Å². The van der Waals surface area contributed by atoms with Crippen LogP contribution in [0.25, 0.3) is 0 Å². The van der Waals surface area contributed by atoms with Gasteiger partial charge in [-0.15, -0.1) is 0 Å². The van der Waals surface area contributed by atoms with Crippen LogP contribution in [0, 0.1) is 29.6 Å². The van der Waals surface area contributed by atoms with E-state index in [-0.39, 0.29) is 79.1 Å². The number of Topliss-reactive ketones (excluding diaryl/α,β-unsaturated/α-hetero) is 1. The molecule has 2 fully saturated rings. The van der Waals surface area contributed by atoms with Crippen molar-refractivity contribution in [3.8, 4) is 0 Å². The van der Waals surface area contributed by atoms with Gasteiger partial charge in [-0.2, -0.15) is 0 Å². The van der Waals surface area contributed by atoms with Crippen molar-refractivity contribution in [3.63, 3.8) is 0 Å². The summed E-state index contributed by atoms with van der Waals surface area (Å²) in [4.78, 5) is 66.4. The molecule has 0 aromatic carbocycles. The number of fused-ring (bicyclic) bond motifs is 1. The molecule has 2 amide bonds. The maximum absolute atomic E-state index is 13.8. The highest BCUT2D eigenvalue weighted by atomic mass is 16.6. The SMILES string of the molecule is CCOC(=O)[C@@H]1[C@H]2CCC[C@H]2CN1C(=O)[C@@H](NC(=O)[C@@H](CC(=O)CCCCC(=O)OC(C)(C)C)C(C)C)C(C)C. The third-order valence-electron chi connectivity index (χ3n) is 8.03. The first kappa shape index (κ1) is 33.8. The van der Waals surface area contributed by atoms with Crippen LogP contribution in [0.2, 0.25) is 0 Å². The largest absolute Gasteiger partial charge is 0.464 e. The number of carbonyl (C=O) groups excluding carboxylic acids is 5. The van der Waals surface area contributed by atoms with E-state index >= 15 is 0 Å².